The molecule has 1 aromatic rings. The molecule has 2 heterocycles. The van der Waals surface area contributed by atoms with Gasteiger partial charge in [0.25, 0.3) is 0 Å². The quantitative estimate of drug-likeness (QED) is 0.832. The Morgan fingerprint density at radius 3 is 2.70 bits per heavy atom. The SMILES string of the molecule is CC1CCN(CCNc2cc(Br)nc(C(C)C)n2)CC1. The molecule has 0 atom stereocenters. The van der Waals surface area contributed by atoms with Gasteiger partial charge < -0.3 is 10.2 Å². The zero-order valence-corrected chi connectivity index (χ0v) is 14.3. The number of anilines is 1. The molecule has 1 aromatic heterocycles. The summed E-state index contributed by atoms with van der Waals surface area (Å²) in [7, 11) is 0. The van der Waals surface area contributed by atoms with Crippen molar-refractivity contribution in [2.45, 2.75) is 39.5 Å². The molecular formula is C15H25BrN4. The van der Waals surface area contributed by atoms with Crippen molar-refractivity contribution in [3.05, 3.63) is 16.5 Å². The molecule has 0 spiro atoms. The summed E-state index contributed by atoms with van der Waals surface area (Å²) in [6.07, 6.45) is 2.66. The topological polar surface area (TPSA) is 41.0 Å². The van der Waals surface area contributed by atoms with E-state index in [4.69, 9.17) is 0 Å². The fraction of sp³-hybridized carbons (Fsp3) is 0.733. The lowest BCUT2D eigenvalue weighted by Crippen LogP contribution is -2.36. The standard InChI is InChI=1S/C15H25BrN4/c1-11(2)15-18-13(16)10-14(19-15)17-6-9-20-7-4-12(3)5-8-20/h10-12H,4-9H2,1-3H3,(H,17,18,19). The molecular weight excluding hydrogens is 316 g/mol. The third-order valence-corrected chi connectivity index (χ3v) is 4.25. The maximum atomic E-state index is 4.56. The fourth-order valence-electron chi connectivity index (χ4n) is 2.41. The van der Waals surface area contributed by atoms with Crippen LogP contribution in [0.1, 0.15) is 45.4 Å². The molecule has 1 aliphatic rings. The van der Waals surface area contributed by atoms with E-state index in [0.717, 1.165) is 35.3 Å². The van der Waals surface area contributed by atoms with Gasteiger partial charge in [0.05, 0.1) is 0 Å². The van der Waals surface area contributed by atoms with E-state index in [1.165, 1.54) is 25.9 Å². The van der Waals surface area contributed by atoms with Crippen LogP contribution in [-0.2, 0) is 0 Å². The Balaban J connectivity index is 1.82. The number of rotatable bonds is 5. The Hall–Kier alpha value is -0.680. The van der Waals surface area contributed by atoms with Gasteiger partial charge in [-0.1, -0.05) is 20.8 Å². The number of halogens is 1. The maximum Gasteiger partial charge on any atom is 0.134 e. The maximum absolute atomic E-state index is 4.56. The molecule has 2 rings (SSSR count). The monoisotopic (exact) mass is 340 g/mol. The highest BCUT2D eigenvalue weighted by Gasteiger charge is 2.15. The van der Waals surface area contributed by atoms with Crippen LogP contribution in [0, 0.1) is 5.92 Å². The lowest BCUT2D eigenvalue weighted by molar-refractivity contribution is 0.199. The van der Waals surface area contributed by atoms with Crippen molar-refractivity contribution in [3.63, 3.8) is 0 Å². The van der Waals surface area contributed by atoms with Crippen molar-refractivity contribution in [3.8, 4) is 0 Å². The van der Waals surface area contributed by atoms with E-state index in [1.807, 2.05) is 6.07 Å². The smallest absolute Gasteiger partial charge is 0.134 e. The minimum Gasteiger partial charge on any atom is -0.369 e. The molecule has 20 heavy (non-hydrogen) atoms. The van der Waals surface area contributed by atoms with Crippen molar-refractivity contribution < 1.29 is 0 Å². The van der Waals surface area contributed by atoms with Gasteiger partial charge in [0.1, 0.15) is 16.2 Å². The predicted octanol–water partition coefficient (Wildman–Crippen LogP) is 3.51. The van der Waals surface area contributed by atoms with Crippen LogP contribution in [0.3, 0.4) is 0 Å². The average Bonchev–Trinajstić information content (AvgIpc) is 2.40. The van der Waals surface area contributed by atoms with Gasteiger partial charge in [0, 0.05) is 25.1 Å². The number of nitrogens with one attached hydrogen (secondary N) is 1. The van der Waals surface area contributed by atoms with E-state index >= 15 is 0 Å². The summed E-state index contributed by atoms with van der Waals surface area (Å²) in [4.78, 5) is 11.5. The second-order valence-electron chi connectivity index (χ2n) is 6.04. The number of piperidine rings is 1. The summed E-state index contributed by atoms with van der Waals surface area (Å²) in [5.74, 6) is 3.04. The van der Waals surface area contributed by atoms with Crippen LogP contribution in [-0.4, -0.2) is 41.0 Å². The van der Waals surface area contributed by atoms with Crippen molar-refractivity contribution in [1.82, 2.24) is 14.9 Å². The Bertz CT molecular complexity index is 428. The third kappa shape index (κ3) is 4.70. The first-order valence-electron chi connectivity index (χ1n) is 7.55. The van der Waals surface area contributed by atoms with Crippen molar-refractivity contribution in [1.29, 1.82) is 0 Å². The van der Waals surface area contributed by atoms with Gasteiger partial charge in [-0.15, -0.1) is 0 Å². The first kappa shape index (κ1) is 15.7. The van der Waals surface area contributed by atoms with Crippen LogP contribution < -0.4 is 5.32 Å². The molecule has 0 radical (unpaired) electrons. The Morgan fingerprint density at radius 1 is 1.35 bits per heavy atom. The summed E-state index contributed by atoms with van der Waals surface area (Å²) in [5, 5.41) is 3.42. The summed E-state index contributed by atoms with van der Waals surface area (Å²) < 4.78 is 0.852. The molecule has 1 N–H and O–H groups in total. The Labute approximate surface area is 130 Å². The molecule has 4 nitrogen and oxygen atoms in total. The second kappa shape index (κ2) is 7.36. The van der Waals surface area contributed by atoms with Crippen LogP contribution in [0.15, 0.2) is 10.7 Å². The summed E-state index contributed by atoms with van der Waals surface area (Å²) >= 11 is 3.45. The highest BCUT2D eigenvalue weighted by atomic mass is 79.9. The van der Waals surface area contributed by atoms with Gasteiger partial charge in [-0.2, -0.15) is 0 Å². The summed E-state index contributed by atoms with van der Waals surface area (Å²) in [6.45, 7) is 11.1. The molecule has 0 aliphatic carbocycles. The predicted molar refractivity (Wildman–Crippen MR) is 87.1 cm³/mol. The number of nitrogens with zero attached hydrogens (tertiary/aromatic N) is 3. The first-order valence-corrected chi connectivity index (χ1v) is 8.34. The summed E-state index contributed by atoms with van der Waals surface area (Å²) in [6, 6.07) is 1.95. The number of hydrogen-bond acceptors (Lipinski definition) is 4. The van der Waals surface area contributed by atoms with Gasteiger partial charge in [-0.3, -0.25) is 0 Å². The minimum atomic E-state index is 0.344. The van der Waals surface area contributed by atoms with Crippen LogP contribution >= 0.6 is 15.9 Å². The zero-order chi connectivity index (χ0) is 14.5. The zero-order valence-electron chi connectivity index (χ0n) is 12.7. The molecule has 1 fully saturated rings. The van der Waals surface area contributed by atoms with E-state index in [9.17, 15) is 0 Å². The molecule has 5 heteroatoms. The van der Waals surface area contributed by atoms with E-state index in [2.05, 4.69) is 56.9 Å². The van der Waals surface area contributed by atoms with Crippen LogP contribution in [0.5, 0.6) is 0 Å². The van der Waals surface area contributed by atoms with Crippen LogP contribution in [0.25, 0.3) is 0 Å². The van der Waals surface area contributed by atoms with E-state index in [-0.39, 0.29) is 0 Å². The van der Waals surface area contributed by atoms with Crippen molar-refractivity contribution in [2.75, 3.05) is 31.5 Å². The molecule has 0 aromatic carbocycles. The van der Waals surface area contributed by atoms with Gasteiger partial charge in [-0.05, 0) is 47.8 Å². The molecule has 112 valence electrons. The lowest BCUT2D eigenvalue weighted by Gasteiger charge is -2.30. The number of likely N-dealkylation sites (tertiary alicyclic amines) is 1. The van der Waals surface area contributed by atoms with Gasteiger partial charge in [-0.25, -0.2) is 9.97 Å². The molecule has 0 unspecified atom stereocenters. The average molecular weight is 341 g/mol. The van der Waals surface area contributed by atoms with Crippen LogP contribution in [0.2, 0.25) is 0 Å². The number of hydrogen-bond donors (Lipinski definition) is 1. The van der Waals surface area contributed by atoms with E-state index < -0.39 is 0 Å². The van der Waals surface area contributed by atoms with Gasteiger partial charge in [0.2, 0.25) is 0 Å². The highest BCUT2D eigenvalue weighted by Crippen LogP contribution is 2.18. The minimum absolute atomic E-state index is 0.344. The summed E-state index contributed by atoms with van der Waals surface area (Å²) in [5.41, 5.74) is 0. The Kier molecular flexibility index (Phi) is 5.78. The Morgan fingerprint density at radius 2 is 2.05 bits per heavy atom. The molecule has 1 saturated heterocycles. The third-order valence-electron chi connectivity index (χ3n) is 3.84. The van der Waals surface area contributed by atoms with E-state index in [1.54, 1.807) is 0 Å². The molecule has 0 saturated carbocycles. The number of aromatic nitrogens is 2. The van der Waals surface area contributed by atoms with Crippen molar-refractivity contribution >= 4 is 21.7 Å². The molecule has 0 amide bonds. The lowest BCUT2D eigenvalue weighted by atomic mass is 9.99. The van der Waals surface area contributed by atoms with Gasteiger partial charge >= 0.3 is 0 Å². The van der Waals surface area contributed by atoms with E-state index in [0.29, 0.717) is 5.92 Å². The van der Waals surface area contributed by atoms with Gasteiger partial charge in [0.15, 0.2) is 0 Å². The largest absolute Gasteiger partial charge is 0.369 e. The van der Waals surface area contributed by atoms with Crippen LogP contribution in [0.4, 0.5) is 5.82 Å². The normalized spacial score (nSPS) is 17.6. The second-order valence-corrected chi connectivity index (χ2v) is 6.85. The molecule has 0 bridgehead atoms. The fourth-order valence-corrected chi connectivity index (χ4v) is 2.81. The first-order chi connectivity index (χ1) is 9.54. The van der Waals surface area contributed by atoms with Crippen molar-refractivity contribution in [2.24, 2.45) is 5.92 Å². The molecule has 1 aliphatic heterocycles. The highest BCUT2D eigenvalue weighted by molar-refractivity contribution is 9.10.